The second-order valence-corrected chi connectivity index (χ2v) is 6.48. The standard InChI is InChI=1S/C16H24N6O/c1-2-13(11-21(6-1)12-14-3-9-23-20-14)15-10-16(19-18-15)22-7-4-17-5-8-22/h3,9-10,13,17H,1-2,4-8,11-12H2,(H,18,19). The molecule has 2 aromatic heterocycles. The Bertz CT molecular complexity index is 604. The van der Waals surface area contributed by atoms with E-state index in [-0.39, 0.29) is 0 Å². The van der Waals surface area contributed by atoms with Crippen molar-refractivity contribution in [3.05, 3.63) is 29.8 Å². The summed E-state index contributed by atoms with van der Waals surface area (Å²) in [4.78, 5) is 4.81. The van der Waals surface area contributed by atoms with Crippen molar-refractivity contribution in [2.24, 2.45) is 0 Å². The zero-order chi connectivity index (χ0) is 15.5. The first-order valence-corrected chi connectivity index (χ1v) is 8.51. The molecule has 2 saturated heterocycles. The van der Waals surface area contributed by atoms with Crippen LogP contribution < -0.4 is 10.2 Å². The molecular formula is C16H24N6O. The highest BCUT2D eigenvalue weighted by Crippen LogP contribution is 2.28. The summed E-state index contributed by atoms with van der Waals surface area (Å²) >= 11 is 0. The molecule has 2 aromatic rings. The third-order valence-electron chi connectivity index (χ3n) is 4.85. The molecule has 7 heteroatoms. The van der Waals surface area contributed by atoms with Crippen LogP contribution in [0.1, 0.15) is 30.1 Å². The summed E-state index contributed by atoms with van der Waals surface area (Å²) in [5, 5.41) is 15.2. The van der Waals surface area contributed by atoms with Crippen LogP contribution in [0, 0.1) is 0 Å². The van der Waals surface area contributed by atoms with Crippen LogP contribution in [0.2, 0.25) is 0 Å². The quantitative estimate of drug-likeness (QED) is 0.883. The van der Waals surface area contributed by atoms with Crippen molar-refractivity contribution in [3.63, 3.8) is 0 Å². The molecule has 0 saturated carbocycles. The smallest absolute Gasteiger partial charge is 0.150 e. The molecular weight excluding hydrogens is 292 g/mol. The minimum atomic E-state index is 0.528. The van der Waals surface area contributed by atoms with E-state index in [1.165, 1.54) is 18.5 Å². The number of hydrogen-bond acceptors (Lipinski definition) is 6. The predicted octanol–water partition coefficient (Wildman–Crippen LogP) is 1.19. The number of piperidine rings is 1. The average molecular weight is 316 g/mol. The highest BCUT2D eigenvalue weighted by Gasteiger charge is 2.24. The first kappa shape index (κ1) is 14.7. The lowest BCUT2D eigenvalue weighted by Gasteiger charge is -2.31. The van der Waals surface area contributed by atoms with Crippen LogP contribution in [0.15, 0.2) is 22.9 Å². The Hall–Kier alpha value is -1.86. The van der Waals surface area contributed by atoms with Crippen LogP contribution in [-0.2, 0) is 6.54 Å². The summed E-state index contributed by atoms with van der Waals surface area (Å²) in [5.41, 5.74) is 2.28. The summed E-state index contributed by atoms with van der Waals surface area (Å²) in [6.45, 7) is 7.19. The third-order valence-corrected chi connectivity index (χ3v) is 4.85. The Morgan fingerprint density at radius 1 is 1.26 bits per heavy atom. The molecule has 2 fully saturated rings. The number of likely N-dealkylation sites (tertiary alicyclic amines) is 1. The van der Waals surface area contributed by atoms with Gasteiger partial charge in [-0.15, -0.1) is 0 Å². The fourth-order valence-electron chi connectivity index (χ4n) is 3.59. The van der Waals surface area contributed by atoms with Gasteiger partial charge in [0.2, 0.25) is 0 Å². The molecule has 0 spiro atoms. The first-order valence-electron chi connectivity index (χ1n) is 8.51. The van der Waals surface area contributed by atoms with Crippen molar-refractivity contribution in [3.8, 4) is 0 Å². The number of aromatic amines is 1. The number of nitrogens with zero attached hydrogens (tertiary/aromatic N) is 4. The van der Waals surface area contributed by atoms with Gasteiger partial charge in [0.05, 0.1) is 5.69 Å². The minimum absolute atomic E-state index is 0.528. The van der Waals surface area contributed by atoms with Gasteiger partial charge in [0.15, 0.2) is 5.82 Å². The van der Waals surface area contributed by atoms with Gasteiger partial charge in [0, 0.05) is 63.0 Å². The zero-order valence-corrected chi connectivity index (χ0v) is 13.4. The zero-order valence-electron chi connectivity index (χ0n) is 13.4. The summed E-state index contributed by atoms with van der Waals surface area (Å²) in [5.74, 6) is 1.62. The lowest BCUT2D eigenvalue weighted by molar-refractivity contribution is 0.193. The molecule has 1 atom stereocenters. The normalized spacial score (nSPS) is 23.3. The van der Waals surface area contributed by atoms with Crippen LogP contribution in [0.3, 0.4) is 0 Å². The van der Waals surface area contributed by atoms with Gasteiger partial charge < -0.3 is 14.7 Å². The average Bonchev–Trinajstić information content (AvgIpc) is 3.28. The molecule has 2 N–H and O–H groups in total. The van der Waals surface area contributed by atoms with E-state index in [4.69, 9.17) is 4.52 Å². The maximum Gasteiger partial charge on any atom is 0.150 e. The van der Waals surface area contributed by atoms with Crippen molar-refractivity contribution in [1.29, 1.82) is 0 Å². The Labute approximate surface area is 136 Å². The molecule has 7 nitrogen and oxygen atoms in total. The van der Waals surface area contributed by atoms with Crippen molar-refractivity contribution < 1.29 is 4.52 Å². The van der Waals surface area contributed by atoms with Gasteiger partial charge in [-0.1, -0.05) is 5.16 Å². The predicted molar refractivity (Wildman–Crippen MR) is 87.4 cm³/mol. The number of anilines is 1. The van der Waals surface area contributed by atoms with Crippen LogP contribution in [0.25, 0.3) is 0 Å². The third kappa shape index (κ3) is 3.40. The van der Waals surface area contributed by atoms with E-state index in [0.29, 0.717) is 5.92 Å². The molecule has 0 aromatic carbocycles. The van der Waals surface area contributed by atoms with E-state index in [0.717, 1.165) is 57.3 Å². The van der Waals surface area contributed by atoms with Gasteiger partial charge in [0.1, 0.15) is 6.26 Å². The lowest BCUT2D eigenvalue weighted by Crippen LogP contribution is -2.43. The van der Waals surface area contributed by atoms with Crippen molar-refractivity contribution >= 4 is 5.82 Å². The fraction of sp³-hybridized carbons (Fsp3) is 0.625. The molecule has 0 radical (unpaired) electrons. The Balaban J connectivity index is 1.40. The second-order valence-electron chi connectivity index (χ2n) is 6.48. The van der Waals surface area contributed by atoms with E-state index in [9.17, 15) is 0 Å². The van der Waals surface area contributed by atoms with Crippen LogP contribution in [0.5, 0.6) is 0 Å². The molecule has 2 aliphatic rings. The number of hydrogen-bond donors (Lipinski definition) is 2. The number of rotatable bonds is 4. The fourth-order valence-corrected chi connectivity index (χ4v) is 3.59. The molecule has 0 aliphatic carbocycles. The lowest BCUT2D eigenvalue weighted by atomic mass is 9.94. The first-order chi connectivity index (χ1) is 11.4. The molecule has 4 heterocycles. The summed E-state index contributed by atoms with van der Waals surface area (Å²) in [6, 6.07) is 4.19. The summed E-state index contributed by atoms with van der Waals surface area (Å²) in [7, 11) is 0. The van der Waals surface area contributed by atoms with E-state index in [1.807, 2.05) is 6.07 Å². The molecule has 1 unspecified atom stereocenters. The molecule has 23 heavy (non-hydrogen) atoms. The highest BCUT2D eigenvalue weighted by molar-refractivity contribution is 5.40. The SMILES string of the molecule is c1cc(CN2CCCC(c3cc(N4CCNCC4)n[nH]3)C2)no1. The largest absolute Gasteiger partial charge is 0.364 e. The van der Waals surface area contributed by atoms with Gasteiger partial charge in [-0.05, 0) is 19.4 Å². The molecule has 4 rings (SSSR count). The van der Waals surface area contributed by atoms with Gasteiger partial charge in [-0.3, -0.25) is 10.00 Å². The van der Waals surface area contributed by atoms with Crippen molar-refractivity contribution in [1.82, 2.24) is 25.6 Å². The molecule has 0 bridgehead atoms. The topological polar surface area (TPSA) is 73.2 Å². The molecule has 124 valence electrons. The maximum absolute atomic E-state index is 4.93. The highest BCUT2D eigenvalue weighted by atomic mass is 16.5. The maximum atomic E-state index is 4.93. The van der Waals surface area contributed by atoms with Crippen LogP contribution in [0.4, 0.5) is 5.82 Å². The number of piperazine rings is 1. The van der Waals surface area contributed by atoms with Gasteiger partial charge in [-0.25, -0.2) is 0 Å². The summed E-state index contributed by atoms with van der Waals surface area (Å²) < 4.78 is 4.93. The van der Waals surface area contributed by atoms with E-state index in [1.54, 1.807) is 6.26 Å². The van der Waals surface area contributed by atoms with Crippen LogP contribution >= 0.6 is 0 Å². The monoisotopic (exact) mass is 316 g/mol. The number of nitrogens with one attached hydrogen (secondary N) is 2. The number of aromatic nitrogens is 3. The molecule has 0 amide bonds. The Kier molecular flexibility index (Phi) is 4.30. The van der Waals surface area contributed by atoms with E-state index < -0.39 is 0 Å². The summed E-state index contributed by atoms with van der Waals surface area (Å²) in [6.07, 6.45) is 4.08. The van der Waals surface area contributed by atoms with Gasteiger partial charge >= 0.3 is 0 Å². The Morgan fingerprint density at radius 3 is 3.00 bits per heavy atom. The van der Waals surface area contributed by atoms with E-state index >= 15 is 0 Å². The van der Waals surface area contributed by atoms with Gasteiger partial charge in [0.25, 0.3) is 0 Å². The molecule has 2 aliphatic heterocycles. The van der Waals surface area contributed by atoms with Crippen molar-refractivity contribution in [2.45, 2.75) is 25.3 Å². The second kappa shape index (κ2) is 6.72. The Morgan fingerprint density at radius 2 is 2.17 bits per heavy atom. The van der Waals surface area contributed by atoms with Crippen molar-refractivity contribution in [2.75, 3.05) is 44.2 Å². The van der Waals surface area contributed by atoms with E-state index in [2.05, 4.69) is 36.5 Å². The number of H-pyrrole nitrogens is 1. The van der Waals surface area contributed by atoms with Crippen LogP contribution in [-0.4, -0.2) is 59.5 Å². The minimum Gasteiger partial charge on any atom is -0.364 e. The van der Waals surface area contributed by atoms with Gasteiger partial charge in [-0.2, -0.15) is 5.10 Å².